The third-order valence-corrected chi connectivity index (χ3v) is 6.34. The van der Waals surface area contributed by atoms with Gasteiger partial charge in [-0.05, 0) is 35.7 Å². The maximum absolute atomic E-state index is 12.4. The number of fused-ring (bicyclic) bond motifs is 1. The summed E-state index contributed by atoms with van der Waals surface area (Å²) in [5, 5.41) is 13.9. The second-order valence-electron chi connectivity index (χ2n) is 9.35. The third kappa shape index (κ3) is 4.47. The molecule has 1 aliphatic rings. The van der Waals surface area contributed by atoms with Gasteiger partial charge in [-0.1, -0.05) is 13.8 Å². The van der Waals surface area contributed by atoms with Crippen LogP contribution in [0.15, 0.2) is 49.1 Å². The number of carbonyl (C=O) groups is 1. The zero-order valence-corrected chi connectivity index (χ0v) is 20.2. The molecule has 0 saturated carbocycles. The zero-order chi connectivity index (χ0) is 24.5. The Hall–Kier alpha value is -4.19. The van der Waals surface area contributed by atoms with Crippen LogP contribution < -0.4 is 4.90 Å². The van der Waals surface area contributed by atoms with Crippen LogP contribution in [-0.2, 0) is 11.8 Å². The van der Waals surface area contributed by atoms with Crippen molar-refractivity contribution in [3.8, 4) is 28.5 Å². The SMILES string of the molecule is CC(C)CC(=O)N1CCN(c2ccc(-c3cc(-c4cnn(C)c4)cc4ncc(C#N)n34)cn2)CC1. The van der Waals surface area contributed by atoms with Gasteiger partial charge < -0.3 is 9.80 Å². The van der Waals surface area contributed by atoms with Gasteiger partial charge in [-0.15, -0.1) is 0 Å². The summed E-state index contributed by atoms with van der Waals surface area (Å²) in [4.78, 5) is 25.7. The molecule has 0 aromatic carbocycles. The van der Waals surface area contributed by atoms with E-state index in [0.29, 0.717) is 36.8 Å². The summed E-state index contributed by atoms with van der Waals surface area (Å²) in [6.45, 7) is 7.09. The fraction of sp³-hybridized carbons (Fsp3) is 0.346. The number of hydrogen-bond acceptors (Lipinski definition) is 6. The van der Waals surface area contributed by atoms with Crippen LogP contribution in [0, 0.1) is 17.2 Å². The zero-order valence-electron chi connectivity index (χ0n) is 20.2. The number of nitriles is 1. The number of anilines is 1. The van der Waals surface area contributed by atoms with Crippen molar-refractivity contribution in [1.82, 2.24) is 29.0 Å². The average molecular weight is 469 g/mol. The quantitative estimate of drug-likeness (QED) is 0.446. The topological polar surface area (TPSA) is 95.4 Å². The van der Waals surface area contributed by atoms with E-state index < -0.39 is 0 Å². The fourth-order valence-corrected chi connectivity index (χ4v) is 4.53. The Labute approximate surface area is 204 Å². The smallest absolute Gasteiger partial charge is 0.222 e. The number of aromatic nitrogens is 5. The molecule has 5 heterocycles. The summed E-state index contributed by atoms with van der Waals surface area (Å²) in [6, 6.07) is 10.3. The maximum Gasteiger partial charge on any atom is 0.222 e. The molecule has 0 aliphatic carbocycles. The highest BCUT2D eigenvalue weighted by molar-refractivity contribution is 5.77. The molecule has 4 aromatic rings. The monoisotopic (exact) mass is 468 g/mol. The van der Waals surface area contributed by atoms with Gasteiger partial charge in [-0.25, -0.2) is 9.97 Å². The van der Waals surface area contributed by atoms with Gasteiger partial charge in [-0.3, -0.25) is 13.9 Å². The second-order valence-corrected chi connectivity index (χ2v) is 9.35. The molecule has 1 aliphatic heterocycles. The largest absolute Gasteiger partial charge is 0.353 e. The predicted octanol–water partition coefficient (Wildman–Crippen LogP) is 3.36. The van der Waals surface area contributed by atoms with E-state index in [1.807, 2.05) is 59.2 Å². The molecule has 1 saturated heterocycles. The van der Waals surface area contributed by atoms with Crippen molar-refractivity contribution in [2.45, 2.75) is 20.3 Å². The summed E-state index contributed by atoms with van der Waals surface area (Å²) in [7, 11) is 1.88. The number of pyridine rings is 2. The van der Waals surface area contributed by atoms with E-state index >= 15 is 0 Å². The first-order chi connectivity index (χ1) is 16.9. The minimum absolute atomic E-state index is 0.231. The van der Waals surface area contributed by atoms with Crippen molar-refractivity contribution < 1.29 is 4.79 Å². The van der Waals surface area contributed by atoms with Gasteiger partial charge in [0.25, 0.3) is 0 Å². The van der Waals surface area contributed by atoms with E-state index in [0.717, 1.165) is 41.3 Å². The number of piperazine rings is 1. The van der Waals surface area contributed by atoms with Crippen molar-refractivity contribution in [2.24, 2.45) is 13.0 Å². The average Bonchev–Trinajstić information content (AvgIpc) is 3.49. The summed E-state index contributed by atoms with van der Waals surface area (Å²) < 4.78 is 3.62. The van der Waals surface area contributed by atoms with Gasteiger partial charge in [0.05, 0.1) is 18.1 Å². The number of hydrogen-bond donors (Lipinski definition) is 0. The van der Waals surface area contributed by atoms with Crippen LogP contribution in [0.1, 0.15) is 26.0 Å². The van der Waals surface area contributed by atoms with E-state index in [1.165, 1.54) is 0 Å². The maximum atomic E-state index is 12.4. The third-order valence-electron chi connectivity index (χ3n) is 6.34. The number of carbonyl (C=O) groups excluding carboxylic acids is 1. The van der Waals surface area contributed by atoms with Gasteiger partial charge in [0, 0.05) is 63.2 Å². The predicted molar refractivity (Wildman–Crippen MR) is 134 cm³/mol. The van der Waals surface area contributed by atoms with Gasteiger partial charge in [0.2, 0.25) is 5.91 Å². The first-order valence-corrected chi connectivity index (χ1v) is 11.8. The Kier molecular flexibility index (Phi) is 5.95. The Bertz CT molecular complexity index is 1400. The molecule has 9 heteroatoms. The van der Waals surface area contributed by atoms with E-state index in [1.54, 1.807) is 10.9 Å². The highest BCUT2D eigenvalue weighted by Gasteiger charge is 2.22. The molecular formula is C26H28N8O. The number of nitrogens with zero attached hydrogens (tertiary/aromatic N) is 8. The molecule has 0 bridgehead atoms. The van der Waals surface area contributed by atoms with Crippen molar-refractivity contribution in [2.75, 3.05) is 31.1 Å². The minimum atomic E-state index is 0.231. The van der Waals surface area contributed by atoms with Crippen molar-refractivity contribution in [1.29, 1.82) is 5.26 Å². The molecule has 35 heavy (non-hydrogen) atoms. The lowest BCUT2D eigenvalue weighted by Gasteiger charge is -2.35. The standard InChI is InChI=1S/C26H28N8O/c1-18(2)10-26(35)33-8-6-32(7-9-33)24-5-4-19(14-28-24)23-11-20(21-15-30-31(3)17-21)12-25-29-16-22(13-27)34(23)25/h4-5,11-12,14-18H,6-10H2,1-3H3. The molecule has 0 atom stereocenters. The lowest BCUT2D eigenvalue weighted by atomic mass is 10.1. The molecule has 1 amide bonds. The van der Waals surface area contributed by atoms with Crippen LogP contribution in [0.2, 0.25) is 0 Å². The number of rotatable bonds is 5. The summed E-state index contributed by atoms with van der Waals surface area (Å²) >= 11 is 0. The minimum Gasteiger partial charge on any atom is -0.353 e. The highest BCUT2D eigenvalue weighted by Crippen LogP contribution is 2.30. The second kappa shape index (κ2) is 9.22. The molecule has 4 aromatic heterocycles. The van der Waals surface area contributed by atoms with Crippen LogP contribution in [0.3, 0.4) is 0 Å². The Morgan fingerprint density at radius 1 is 1.03 bits per heavy atom. The number of aryl methyl sites for hydroxylation is 1. The van der Waals surface area contributed by atoms with Crippen LogP contribution in [0.25, 0.3) is 28.0 Å². The molecule has 0 N–H and O–H groups in total. The molecule has 1 fully saturated rings. The lowest BCUT2D eigenvalue weighted by molar-refractivity contribution is -0.132. The van der Waals surface area contributed by atoms with E-state index in [2.05, 4.69) is 34.9 Å². The Morgan fingerprint density at radius 2 is 1.83 bits per heavy atom. The fourth-order valence-electron chi connectivity index (χ4n) is 4.53. The first-order valence-electron chi connectivity index (χ1n) is 11.8. The highest BCUT2D eigenvalue weighted by atomic mass is 16.2. The number of amides is 1. The normalized spacial score (nSPS) is 14.0. The van der Waals surface area contributed by atoms with Crippen LogP contribution in [-0.4, -0.2) is 61.1 Å². The van der Waals surface area contributed by atoms with Crippen LogP contribution >= 0.6 is 0 Å². The lowest BCUT2D eigenvalue weighted by Crippen LogP contribution is -2.49. The number of imidazole rings is 1. The van der Waals surface area contributed by atoms with E-state index in [9.17, 15) is 10.1 Å². The van der Waals surface area contributed by atoms with Gasteiger partial charge in [-0.2, -0.15) is 10.4 Å². The van der Waals surface area contributed by atoms with Gasteiger partial charge in [0.1, 0.15) is 23.2 Å². The molecule has 0 unspecified atom stereocenters. The Balaban J connectivity index is 1.42. The van der Waals surface area contributed by atoms with Crippen molar-refractivity contribution in [3.05, 3.63) is 54.7 Å². The molecule has 5 rings (SSSR count). The molecule has 9 nitrogen and oxygen atoms in total. The first kappa shape index (κ1) is 22.6. The van der Waals surface area contributed by atoms with Crippen molar-refractivity contribution in [3.63, 3.8) is 0 Å². The molecular weight excluding hydrogens is 440 g/mol. The summed E-state index contributed by atoms with van der Waals surface area (Å²) in [5.74, 6) is 1.49. The van der Waals surface area contributed by atoms with Crippen LogP contribution in [0.5, 0.6) is 0 Å². The molecule has 0 spiro atoms. The van der Waals surface area contributed by atoms with Crippen molar-refractivity contribution >= 4 is 17.4 Å². The van der Waals surface area contributed by atoms with E-state index in [-0.39, 0.29) is 5.91 Å². The molecule has 0 radical (unpaired) electrons. The molecule has 178 valence electrons. The summed E-state index contributed by atoms with van der Waals surface area (Å²) in [5.41, 5.74) is 4.86. The van der Waals surface area contributed by atoms with E-state index in [4.69, 9.17) is 4.98 Å². The van der Waals surface area contributed by atoms with Gasteiger partial charge >= 0.3 is 0 Å². The summed E-state index contributed by atoms with van der Waals surface area (Å²) in [6.07, 6.45) is 7.80. The van der Waals surface area contributed by atoms with Gasteiger partial charge in [0.15, 0.2) is 0 Å². The van der Waals surface area contributed by atoms with Crippen LogP contribution in [0.4, 0.5) is 5.82 Å². The Morgan fingerprint density at radius 3 is 2.46 bits per heavy atom.